The van der Waals surface area contributed by atoms with E-state index in [1.54, 1.807) is 6.07 Å². The Bertz CT molecular complexity index is 537. The van der Waals surface area contributed by atoms with Gasteiger partial charge in [-0.2, -0.15) is 0 Å². The predicted octanol–water partition coefficient (Wildman–Crippen LogP) is 1.41. The number of hydrogen-bond acceptors (Lipinski definition) is 6. The molecule has 1 aromatic heterocycles. The van der Waals surface area contributed by atoms with Crippen molar-refractivity contribution in [3.8, 4) is 0 Å². The Balaban J connectivity index is 2.36. The molecule has 7 nitrogen and oxygen atoms in total. The summed E-state index contributed by atoms with van der Waals surface area (Å²) in [5.74, 6) is 0. The summed E-state index contributed by atoms with van der Waals surface area (Å²) in [7, 11) is 0. The highest BCUT2D eigenvalue weighted by Gasteiger charge is 2.18. The van der Waals surface area contributed by atoms with Gasteiger partial charge in [0.1, 0.15) is 5.52 Å². The molecular weight excluding hydrogens is 224 g/mol. The first-order valence-corrected chi connectivity index (χ1v) is 5.32. The third-order valence-electron chi connectivity index (χ3n) is 2.57. The van der Waals surface area contributed by atoms with E-state index >= 15 is 0 Å². The fourth-order valence-corrected chi connectivity index (χ4v) is 1.71. The maximum absolute atomic E-state index is 10.8. The molecule has 90 valence electrons. The molecule has 0 spiro atoms. The van der Waals surface area contributed by atoms with E-state index in [4.69, 9.17) is 5.73 Å². The minimum absolute atomic E-state index is 0.0798. The van der Waals surface area contributed by atoms with Crippen LogP contribution in [0.5, 0.6) is 0 Å². The van der Waals surface area contributed by atoms with E-state index in [2.05, 4.69) is 14.9 Å². The molecular formula is C10H12N4O3. The molecule has 1 aromatic carbocycles. The molecule has 0 unspecified atom stereocenters. The van der Waals surface area contributed by atoms with Crippen molar-refractivity contribution >= 4 is 16.7 Å². The number of fused-ring (bicyclic) bond motifs is 1. The molecule has 0 radical (unpaired) electrons. The van der Waals surface area contributed by atoms with E-state index in [0.717, 1.165) is 24.8 Å². The number of nitrogens with two attached hydrogens (primary N) is 1. The first kappa shape index (κ1) is 11.5. The lowest BCUT2D eigenvalue weighted by molar-refractivity contribution is -0.383. The average Bonchev–Trinajstić information content (AvgIpc) is 2.78. The van der Waals surface area contributed by atoms with Crippen LogP contribution in [0.3, 0.4) is 0 Å². The van der Waals surface area contributed by atoms with Gasteiger partial charge in [0.05, 0.1) is 4.92 Å². The first-order valence-electron chi connectivity index (χ1n) is 5.32. The topological polar surface area (TPSA) is 108 Å². The largest absolute Gasteiger partial charge is 0.330 e. The summed E-state index contributed by atoms with van der Waals surface area (Å²) >= 11 is 0. The molecule has 1 heterocycles. The van der Waals surface area contributed by atoms with Crippen LogP contribution in [-0.4, -0.2) is 21.8 Å². The summed E-state index contributed by atoms with van der Waals surface area (Å²) < 4.78 is 4.57. The molecule has 0 amide bonds. The molecule has 0 aliphatic rings. The quantitative estimate of drug-likeness (QED) is 0.477. The van der Waals surface area contributed by atoms with E-state index in [9.17, 15) is 10.1 Å². The molecule has 0 aliphatic heterocycles. The molecule has 0 fully saturated rings. The lowest BCUT2D eigenvalue weighted by Crippen LogP contribution is -1.99. The number of benzene rings is 1. The lowest BCUT2D eigenvalue weighted by atomic mass is 10.1. The summed E-state index contributed by atoms with van der Waals surface area (Å²) in [4.78, 5) is 10.3. The van der Waals surface area contributed by atoms with Crippen LogP contribution in [0.1, 0.15) is 18.4 Å². The molecule has 0 aliphatic carbocycles. The van der Waals surface area contributed by atoms with Gasteiger partial charge in [0.15, 0.2) is 0 Å². The fourth-order valence-electron chi connectivity index (χ4n) is 1.71. The number of nitrogens with zero attached hydrogens (tertiary/aromatic N) is 3. The van der Waals surface area contributed by atoms with Gasteiger partial charge in [-0.15, -0.1) is 0 Å². The van der Waals surface area contributed by atoms with E-state index in [1.165, 1.54) is 6.07 Å². The summed E-state index contributed by atoms with van der Waals surface area (Å²) in [6.45, 7) is 0.632. The number of hydrogen-bond donors (Lipinski definition) is 1. The van der Waals surface area contributed by atoms with Crippen LogP contribution in [0, 0.1) is 10.1 Å². The van der Waals surface area contributed by atoms with Gasteiger partial charge in [-0.25, -0.2) is 4.63 Å². The third kappa shape index (κ3) is 2.23. The van der Waals surface area contributed by atoms with Crippen LogP contribution in [-0.2, 0) is 6.42 Å². The molecule has 2 aromatic rings. The zero-order valence-corrected chi connectivity index (χ0v) is 9.13. The molecule has 0 saturated carbocycles. The summed E-state index contributed by atoms with van der Waals surface area (Å²) in [6.07, 6.45) is 2.58. The van der Waals surface area contributed by atoms with Crippen molar-refractivity contribution in [3.63, 3.8) is 0 Å². The van der Waals surface area contributed by atoms with Crippen molar-refractivity contribution in [2.45, 2.75) is 19.3 Å². The zero-order chi connectivity index (χ0) is 12.3. The number of non-ortho nitro benzene ring substituents is 1. The molecule has 0 bridgehead atoms. The van der Waals surface area contributed by atoms with E-state index < -0.39 is 4.92 Å². The number of nitro benzene ring substituents is 1. The second-order valence-electron chi connectivity index (χ2n) is 3.71. The number of aryl methyl sites for hydroxylation is 1. The molecule has 2 rings (SSSR count). The number of nitro groups is 1. The summed E-state index contributed by atoms with van der Waals surface area (Å²) in [5, 5.41) is 18.1. The third-order valence-corrected chi connectivity index (χ3v) is 2.57. The molecule has 0 saturated heterocycles. The van der Waals surface area contributed by atoms with Gasteiger partial charge in [0, 0.05) is 6.07 Å². The maximum Gasteiger partial charge on any atom is 0.300 e. The first-order chi connectivity index (χ1) is 8.24. The van der Waals surface area contributed by atoms with Gasteiger partial charge >= 0.3 is 5.69 Å². The van der Waals surface area contributed by atoms with Gasteiger partial charge < -0.3 is 5.73 Å². The standard InChI is InChI=1S/C10H12N4O3/c11-6-2-1-3-7-4-5-8(14(15)16)10-9(7)12-17-13-10/h4-5H,1-3,6,11H2. The smallest absolute Gasteiger partial charge is 0.300 e. The van der Waals surface area contributed by atoms with Crippen molar-refractivity contribution < 1.29 is 9.55 Å². The van der Waals surface area contributed by atoms with Gasteiger partial charge in [-0.05, 0) is 47.8 Å². The SMILES string of the molecule is NCCCCc1ccc([N+](=O)[O-])c2nonc12. The van der Waals surface area contributed by atoms with Crippen molar-refractivity contribution in [2.24, 2.45) is 5.73 Å². The highest BCUT2D eigenvalue weighted by Crippen LogP contribution is 2.26. The molecule has 0 atom stereocenters. The Morgan fingerprint density at radius 2 is 2.06 bits per heavy atom. The maximum atomic E-state index is 10.8. The van der Waals surface area contributed by atoms with E-state index in [0.29, 0.717) is 12.1 Å². The molecule has 7 heteroatoms. The predicted molar refractivity (Wildman–Crippen MR) is 60.5 cm³/mol. The second kappa shape index (κ2) is 4.88. The van der Waals surface area contributed by atoms with Gasteiger partial charge in [-0.3, -0.25) is 10.1 Å². The summed E-state index contributed by atoms with van der Waals surface area (Å²) in [6, 6.07) is 3.13. The number of aromatic nitrogens is 2. The number of unbranched alkanes of at least 4 members (excludes halogenated alkanes) is 1. The van der Waals surface area contributed by atoms with Crippen molar-refractivity contribution in [1.29, 1.82) is 0 Å². The van der Waals surface area contributed by atoms with Crippen LogP contribution in [0.15, 0.2) is 16.8 Å². The van der Waals surface area contributed by atoms with Gasteiger partial charge in [0.2, 0.25) is 5.52 Å². The van der Waals surface area contributed by atoms with E-state index in [-0.39, 0.29) is 11.2 Å². The Morgan fingerprint density at radius 3 is 2.76 bits per heavy atom. The normalized spacial score (nSPS) is 10.9. The average molecular weight is 236 g/mol. The Labute approximate surface area is 96.7 Å². The summed E-state index contributed by atoms with van der Waals surface area (Å²) in [5.41, 5.74) is 6.91. The van der Waals surface area contributed by atoms with Crippen molar-refractivity contribution in [3.05, 3.63) is 27.8 Å². The van der Waals surface area contributed by atoms with Crippen LogP contribution in [0.2, 0.25) is 0 Å². The number of rotatable bonds is 5. The van der Waals surface area contributed by atoms with Crippen LogP contribution in [0.25, 0.3) is 11.0 Å². The van der Waals surface area contributed by atoms with Crippen molar-refractivity contribution in [1.82, 2.24) is 10.3 Å². The minimum atomic E-state index is -0.490. The van der Waals surface area contributed by atoms with Crippen LogP contribution < -0.4 is 5.73 Å². The fraction of sp³-hybridized carbons (Fsp3) is 0.400. The van der Waals surface area contributed by atoms with Crippen molar-refractivity contribution in [2.75, 3.05) is 6.54 Å². The zero-order valence-electron chi connectivity index (χ0n) is 9.13. The lowest BCUT2D eigenvalue weighted by Gasteiger charge is -2.00. The second-order valence-corrected chi connectivity index (χ2v) is 3.71. The molecule has 2 N–H and O–H groups in total. The monoisotopic (exact) mass is 236 g/mol. The Kier molecular flexibility index (Phi) is 3.29. The molecule has 17 heavy (non-hydrogen) atoms. The van der Waals surface area contributed by atoms with Crippen LogP contribution in [0.4, 0.5) is 5.69 Å². The van der Waals surface area contributed by atoms with Gasteiger partial charge in [0.25, 0.3) is 0 Å². The highest BCUT2D eigenvalue weighted by atomic mass is 16.6. The Morgan fingerprint density at radius 1 is 1.29 bits per heavy atom. The van der Waals surface area contributed by atoms with Gasteiger partial charge in [-0.1, -0.05) is 0 Å². The Hall–Kier alpha value is -2.02. The van der Waals surface area contributed by atoms with E-state index in [1.807, 2.05) is 0 Å². The van der Waals surface area contributed by atoms with Crippen LogP contribution >= 0.6 is 0 Å². The highest BCUT2D eigenvalue weighted by molar-refractivity contribution is 5.85. The minimum Gasteiger partial charge on any atom is -0.330 e.